The van der Waals surface area contributed by atoms with Crippen molar-refractivity contribution >= 4 is 11.6 Å². The minimum Gasteiger partial charge on any atom is -0.383 e. The lowest BCUT2D eigenvalue weighted by atomic mass is 10.0. The second-order valence-electron chi connectivity index (χ2n) is 5.01. The van der Waals surface area contributed by atoms with Crippen molar-refractivity contribution in [1.29, 1.82) is 0 Å². The molecule has 0 aliphatic heterocycles. The van der Waals surface area contributed by atoms with Crippen LogP contribution >= 0.6 is 11.6 Å². The molecule has 4 nitrogen and oxygen atoms in total. The molecule has 1 aliphatic carbocycles. The van der Waals surface area contributed by atoms with E-state index in [2.05, 4.69) is 17.3 Å². The van der Waals surface area contributed by atoms with Gasteiger partial charge in [-0.05, 0) is 25.8 Å². The first-order valence-electron chi connectivity index (χ1n) is 6.66. The third-order valence-corrected chi connectivity index (χ3v) is 3.69. The summed E-state index contributed by atoms with van der Waals surface area (Å²) in [5.41, 5.74) is 1.13. The van der Waals surface area contributed by atoms with Gasteiger partial charge in [0.25, 0.3) is 0 Å². The molecule has 0 amide bonds. The van der Waals surface area contributed by atoms with E-state index in [9.17, 15) is 0 Å². The molecule has 0 aromatic carbocycles. The van der Waals surface area contributed by atoms with Crippen molar-refractivity contribution in [3.05, 3.63) is 16.9 Å². The Morgan fingerprint density at radius 2 is 2.39 bits per heavy atom. The Kier molecular flexibility index (Phi) is 5.03. The second kappa shape index (κ2) is 6.55. The molecule has 102 valence electrons. The van der Waals surface area contributed by atoms with E-state index in [0.29, 0.717) is 12.5 Å². The van der Waals surface area contributed by atoms with Crippen LogP contribution in [-0.2, 0) is 11.3 Å². The highest BCUT2D eigenvalue weighted by molar-refractivity contribution is 6.31. The summed E-state index contributed by atoms with van der Waals surface area (Å²) in [4.78, 5) is 0. The maximum Gasteiger partial charge on any atom is 0.0820 e. The van der Waals surface area contributed by atoms with Crippen molar-refractivity contribution in [2.24, 2.45) is 0 Å². The fraction of sp³-hybridized carbons (Fsp3) is 0.769. The summed E-state index contributed by atoms with van der Waals surface area (Å²) in [5, 5.41) is 8.62. The van der Waals surface area contributed by atoms with E-state index in [1.165, 1.54) is 12.8 Å². The second-order valence-corrected chi connectivity index (χ2v) is 5.42. The summed E-state index contributed by atoms with van der Waals surface area (Å²) in [6.07, 6.45) is 5.49. The molecule has 1 heterocycles. The average Bonchev–Trinajstić information content (AvgIpc) is 3.09. The molecule has 1 aliphatic rings. The molecule has 1 saturated carbocycles. The number of nitrogens with zero attached hydrogens (tertiary/aromatic N) is 2. The van der Waals surface area contributed by atoms with Crippen molar-refractivity contribution < 1.29 is 4.74 Å². The third-order valence-electron chi connectivity index (χ3n) is 3.39. The Balaban J connectivity index is 1.89. The molecule has 18 heavy (non-hydrogen) atoms. The number of ether oxygens (including phenoxy) is 1. The van der Waals surface area contributed by atoms with Gasteiger partial charge >= 0.3 is 0 Å². The SMILES string of the molecule is COCCn1ncc(Cl)c1C(C)CCNC1CC1. The molecule has 1 fully saturated rings. The van der Waals surface area contributed by atoms with Gasteiger partial charge in [-0.2, -0.15) is 5.10 Å². The Labute approximate surface area is 114 Å². The minimum absolute atomic E-state index is 0.420. The number of aromatic nitrogens is 2. The zero-order chi connectivity index (χ0) is 13.0. The first kappa shape index (κ1) is 13.8. The topological polar surface area (TPSA) is 39.1 Å². The van der Waals surface area contributed by atoms with Gasteiger partial charge in [0, 0.05) is 19.1 Å². The number of nitrogens with one attached hydrogen (secondary N) is 1. The number of methoxy groups -OCH3 is 1. The summed E-state index contributed by atoms with van der Waals surface area (Å²) >= 11 is 6.23. The van der Waals surface area contributed by atoms with Crippen LogP contribution < -0.4 is 5.32 Å². The first-order valence-corrected chi connectivity index (χ1v) is 7.03. The van der Waals surface area contributed by atoms with Gasteiger partial charge < -0.3 is 10.1 Å². The van der Waals surface area contributed by atoms with Crippen molar-refractivity contribution in [3.63, 3.8) is 0 Å². The summed E-state index contributed by atoms with van der Waals surface area (Å²) in [7, 11) is 1.70. The molecule has 1 aromatic rings. The Morgan fingerprint density at radius 3 is 3.06 bits per heavy atom. The molecule has 0 bridgehead atoms. The van der Waals surface area contributed by atoms with E-state index in [1.807, 2.05) is 4.68 Å². The highest BCUT2D eigenvalue weighted by Crippen LogP contribution is 2.27. The summed E-state index contributed by atoms with van der Waals surface area (Å²) in [5.74, 6) is 0.420. The van der Waals surface area contributed by atoms with Crippen LogP contribution in [0.2, 0.25) is 5.02 Å². The van der Waals surface area contributed by atoms with Gasteiger partial charge in [0.1, 0.15) is 0 Å². The average molecular weight is 272 g/mol. The zero-order valence-corrected chi connectivity index (χ0v) is 11.9. The van der Waals surface area contributed by atoms with E-state index < -0.39 is 0 Å². The molecular weight excluding hydrogens is 250 g/mol. The van der Waals surface area contributed by atoms with Gasteiger partial charge in [-0.25, -0.2) is 0 Å². The molecule has 0 saturated heterocycles. The van der Waals surface area contributed by atoms with Crippen molar-refractivity contribution in [2.45, 2.75) is 44.7 Å². The van der Waals surface area contributed by atoms with Gasteiger partial charge in [0.05, 0.1) is 30.1 Å². The fourth-order valence-corrected chi connectivity index (χ4v) is 2.47. The fourth-order valence-electron chi connectivity index (χ4n) is 2.15. The lowest BCUT2D eigenvalue weighted by Gasteiger charge is -2.15. The number of hydrogen-bond acceptors (Lipinski definition) is 3. The van der Waals surface area contributed by atoms with Crippen LogP contribution in [0.25, 0.3) is 0 Å². The highest BCUT2D eigenvalue weighted by atomic mass is 35.5. The van der Waals surface area contributed by atoms with Crippen LogP contribution in [0.15, 0.2) is 6.20 Å². The largest absolute Gasteiger partial charge is 0.383 e. The predicted molar refractivity (Wildman–Crippen MR) is 73.2 cm³/mol. The molecule has 1 N–H and O–H groups in total. The molecule has 0 spiro atoms. The standard InChI is InChI=1S/C13H22ClN3O/c1-10(5-6-15-11-3-4-11)13-12(14)9-16-17(13)7-8-18-2/h9-11,15H,3-8H2,1-2H3. The van der Waals surface area contributed by atoms with Gasteiger partial charge in [0.2, 0.25) is 0 Å². The summed E-state index contributed by atoms with van der Waals surface area (Å²) in [6.45, 7) is 4.69. The molecule has 0 radical (unpaired) electrons. The smallest absolute Gasteiger partial charge is 0.0820 e. The van der Waals surface area contributed by atoms with Crippen LogP contribution in [0.5, 0.6) is 0 Å². The number of rotatable bonds is 8. The number of hydrogen-bond donors (Lipinski definition) is 1. The molecule has 5 heteroatoms. The first-order chi connectivity index (χ1) is 8.72. The Bertz CT molecular complexity index is 376. The molecule has 2 rings (SSSR count). The van der Waals surface area contributed by atoms with E-state index in [4.69, 9.17) is 16.3 Å². The number of halogens is 1. The van der Waals surface area contributed by atoms with Crippen LogP contribution in [0.3, 0.4) is 0 Å². The zero-order valence-electron chi connectivity index (χ0n) is 11.2. The maximum absolute atomic E-state index is 6.23. The van der Waals surface area contributed by atoms with E-state index in [1.54, 1.807) is 13.3 Å². The van der Waals surface area contributed by atoms with Crippen LogP contribution in [0.4, 0.5) is 0 Å². The monoisotopic (exact) mass is 271 g/mol. The quantitative estimate of drug-likeness (QED) is 0.789. The maximum atomic E-state index is 6.23. The van der Waals surface area contributed by atoms with Crippen LogP contribution in [0.1, 0.15) is 37.8 Å². The Morgan fingerprint density at radius 1 is 1.61 bits per heavy atom. The van der Waals surface area contributed by atoms with Crippen molar-refractivity contribution in [2.75, 3.05) is 20.3 Å². The van der Waals surface area contributed by atoms with Gasteiger partial charge in [0.15, 0.2) is 0 Å². The molecular formula is C13H22ClN3O. The predicted octanol–water partition coefficient (Wildman–Crippen LogP) is 2.43. The highest BCUT2D eigenvalue weighted by Gasteiger charge is 2.21. The van der Waals surface area contributed by atoms with E-state index >= 15 is 0 Å². The molecule has 1 atom stereocenters. The van der Waals surface area contributed by atoms with Gasteiger partial charge in [-0.15, -0.1) is 0 Å². The van der Waals surface area contributed by atoms with E-state index in [-0.39, 0.29) is 0 Å². The van der Waals surface area contributed by atoms with E-state index in [0.717, 1.165) is 36.3 Å². The van der Waals surface area contributed by atoms with Crippen molar-refractivity contribution in [3.8, 4) is 0 Å². The molecule has 1 unspecified atom stereocenters. The molecule has 1 aromatic heterocycles. The normalized spacial score (nSPS) is 17.1. The van der Waals surface area contributed by atoms with Crippen LogP contribution in [0, 0.1) is 0 Å². The summed E-state index contributed by atoms with van der Waals surface area (Å²) < 4.78 is 7.06. The van der Waals surface area contributed by atoms with Crippen molar-refractivity contribution in [1.82, 2.24) is 15.1 Å². The Hall–Kier alpha value is -0.580. The third kappa shape index (κ3) is 3.70. The van der Waals surface area contributed by atoms with Crippen LogP contribution in [-0.4, -0.2) is 36.1 Å². The minimum atomic E-state index is 0.420. The van der Waals surface area contributed by atoms with Gasteiger partial charge in [-0.3, -0.25) is 4.68 Å². The lowest BCUT2D eigenvalue weighted by molar-refractivity contribution is 0.182. The summed E-state index contributed by atoms with van der Waals surface area (Å²) in [6, 6.07) is 0.770. The van der Waals surface area contributed by atoms with Gasteiger partial charge in [-0.1, -0.05) is 18.5 Å². The lowest BCUT2D eigenvalue weighted by Crippen LogP contribution is -2.20.